The Morgan fingerprint density at radius 3 is 2.34 bits per heavy atom. The molecule has 0 aromatic heterocycles. The number of ether oxygens (including phenoxy) is 1. The van der Waals surface area contributed by atoms with Crippen LogP contribution in [0.2, 0.25) is 10.0 Å². The summed E-state index contributed by atoms with van der Waals surface area (Å²) in [5.74, 6) is -0.705. The Kier molecular flexibility index (Phi) is 9.94. The molecule has 0 radical (unpaired) electrons. The summed E-state index contributed by atoms with van der Waals surface area (Å²) in [4.78, 5) is 28.2. The zero-order chi connectivity index (χ0) is 25.2. The fraction of sp³-hybridized carbons (Fsp3) is 0.259. The molecule has 0 spiro atoms. The first kappa shape index (κ1) is 26.5. The van der Waals surface area contributed by atoms with Gasteiger partial charge in [0.1, 0.15) is 17.6 Å². The maximum atomic E-state index is 13.4. The number of benzene rings is 3. The maximum Gasteiger partial charge on any atom is 0.261 e. The van der Waals surface area contributed by atoms with Crippen molar-refractivity contribution >= 4 is 35.0 Å². The average Bonchev–Trinajstić information content (AvgIpc) is 2.86. The lowest BCUT2D eigenvalue weighted by atomic mass is 10.0. The third-order valence-electron chi connectivity index (χ3n) is 5.33. The van der Waals surface area contributed by atoms with Crippen LogP contribution < -0.4 is 10.1 Å². The third kappa shape index (κ3) is 7.98. The van der Waals surface area contributed by atoms with Crippen LogP contribution in [0.5, 0.6) is 5.75 Å². The SMILES string of the molecule is CCCNC(=O)[C@@H](Cc1ccccc1)N(Cc1ccc(Cl)c(Cl)c1)C(=O)COc1ccc(F)cc1. The van der Waals surface area contributed by atoms with Crippen LogP contribution in [-0.4, -0.2) is 35.9 Å². The second kappa shape index (κ2) is 13.1. The Morgan fingerprint density at radius 2 is 1.69 bits per heavy atom. The standard InChI is InChI=1S/C27H27Cl2FN2O3/c1-2-14-31-27(34)25(16-19-6-4-3-5-7-19)32(17-20-8-13-23(28)24(29)15-20)26(33)18-35-22-11-9-21(30)10-12-22/h3-13,15,25H,2,14,16-18H2,1H3,(H,31,34)/t25-/m1/s1. The second-order valence-electron chi connectivity index (χ2n) is 8.01. The summed E-state index contributed by atoms with van der Waals surface area (Å²) in [6.45, 7) is 2.26. The van der Waals surface area contributed by atoms with Crippen LogP contribution in [0, 0.1) is 5.82 Å². The first-order chi connectivity index (χ1) is 16.9. The van der Waals surface area contributed by atoms with Crippen LogP contribution in [0.1, 0.15) is 24.5 Å². The van der Waals surface area contributed by atoms with Crippen molar-refractivity contribution in [2.24, 2.45) is 0 Å². The Hall–Kier alpha value is -3.09. The highest BCUT2D eigenvalue weighted by atomic mass is 35.5. The number of amides is 2. The molecule has 5 nitrogen and oxygen atoms in total. The van der Waals surface area contributed by atoms with Gasteiger partial charge in [-0.3, -0.25) is 9.59 Å². The molecule has 8 heteroatoms. The summed E-state index contributed by atoms with van der Waals surface area (Å²) >= 11 is 12.3. The first-order valence-corrected chi connectivity index (χ1v) is 12.1. The van der Waals surface area contributed by atoms with E-state index >= 15 is 0 Å². The number of carbonyl (C=O) groups is 2. The van der Waals surface area contributed by atoms with Gasteiger partial charge in [0.05, 0.1) is 10.0 Å². The molecule has 2 amide bonds. The fourth-order valence-corrected chi connectivity index (χ4v) is 3.83. The van der Waals surface area contributed by atoms with E-state index in [0.717, 1.165) is 17.5 Å². The molecular weight excluding hydrogens is 490 g/mol. The molecule has 1 atom stereocenters. The van der Waals surface area contributed by atoms with Gasteiger partial charge >= 0.3 is 0 Å². The zero-order valence-corrected chi connectivity index (χ0v) is 20.9. The van der Waals surface area contributed by atoms with Gasteiger partial charge in [0.2, 0.25) is 5.91 Å². The summed E-state index contributed by atoms with van der Waals surface area (Å²) < 4.78 is 18.8. The maximum absolute atomic E-state index is 13.4. The lowest BCUT2D eigenvalue weighted by Gasteiger charge is -2.31. The van der Waals surface area contributed by atoms with Crippen molar-refractivity contribution in [2.75, 3.05) is 13.2 Å². The predicted octanol–water partition coefficient (Wildman–Crippen LogP) is 5.68. The van der Waals surface area contributed by atoms with Gasteiger partial charge in [-0.25, -0.2) is 4.39 Å². The van der Waals surface area contributed by atoms with Crippen LogP contribution in [-0.2, 0) is 22.6 Å². The summed E-state index contributed by atoms with van der Waals surface area (Å²) in [5.41, 5.74) is 1.63. The number of rotatable bonds is 11. The molecular formula is C27H27Cl2FN2O3. The lowest BCUT2D eigenvalue weighted by Crippen LogP contribution is -2.51. The van der Waals surface area contributed by atoms with Crippen molar-refractivity contribution in [1.29, 1.82) is 0 Å². The monoisotopic (exact) mass is 516 g/mol. The summed E-state index contributed by atoms with van der Waals surface area (Å²) in [5, 5.41) is 3.67. The minimum atomic E-state index is -0.789. The van der Waals surface area contributed by atoms with Crippen molar-refractivity contribution in [3.05, 3.63) is 99.8 Å². The third-order valence-corrected chi connectivity index (χ3v) is 6.07. The quantitative estimate of drug-likeness (QED) is 0.356. The van der Waals surface area contributed by atoms with Crippen molar-refractivity contribution in [3.8, 4) is 5.75 Å². The van der Waals surface area contributed by atoms with Gasteiger partial charge in [0.15, 0.2) is 6.61 Å². The highest BCUT2D eigenvalue weighted by Gasteiger charge is 2.30. The van der Waals surface area contributed by atoms with E-state index in [0.29, 0.717) is 28.8 Å². The summed E-state index contributed by atoms with van der Waals surface area (Å²) in [7, 11) is 0. The van der Waals surface area contributed by atoms with Gasteiger partial charge in [0, 0.05) is 19.5 Å². The minimum absolute atomic E-state index is 0.125. The smallest absolute Gasteiger partial charge is 0.261 e. The molecule has 0 saturated carbocycles. The normalized spacial score (nSPS) is 11.5. The molecule has 0 aliphatic carbocycles. The molecule has 3 aromatic carbocycles. The highest BCUT2D eigenvalue weighted by molar-refractivity contribution is 6.42. The molecule has 3 aromatic rings. The Labute approximate surface area is 214 Å². The van der Waals surface area contributed by atoms with Crippen LogP contribution in [0.4, 0.5) is 4.39 Å². The molecule has 0 fully saturated rings. The Bertz CT molecular complexity index is 1130. The number of nitrogens with zero attached hydrogens (tertiary/aromatic N) is 1. The lowest BCUT2D eigenvalue weighted by molar-refractivity contribution is -0.142. The molecule has 3 rings (SSSR count). The van der Waals surface area contributed by atoms with Gasteiger partial charge in [0.25, 0.3) is 5.91 Å². The Morgan fingerprint density at radius 1 is 0.971 bits per heavy atom. The van der Waals surface area contributed by atoms with E-state index in [-0.39, 0.29) is 19.1 Å². The minimum Gasteiger partial charge on any atom is -0.484 e. The van der Waals surface area contributed by atoms with Gasteiger partial charge in [-0.05, 0) is 53.9 Å². The molecule has 0 bridgehead atoms. The van der Waals surface area contributed by atoms with Gasteiger partial charge < -0.3 is 15.0 Å². The van der Waals surface area contributed by atoms with Gasteiger partial charge in [-0.2, -0.15) is 0 Å². The van der Waals surface area contributed by atoms with Crippen molar-refractivity contribution in [1.82, 2.24) is 10.2 Å². The fourth-order valence-electron chi connectivity index (χ4n) is 3.51. The number of hydrogen-bond acceptors (Lipinski definition) is 3. The molecule has 0 aliphatic heterocycles. The van der Waals surface area contributed by atoms with E-state index in [2.05, 4.69) is 5.32 Å². The number of nitrogens with one attached hydrogen (secondary N) is 1. The number of halogens is 3. The average molecular weight is 517 g/mol. The zero-order valence-electron chi connectivity index (χ0n) is 19.3. The number of hydrogen-bond donors (Lipinski definition) is 1. The topological polar surface area (TPSA) is 58.6 Å². The van der Waals surface area contributed by atoms with Crippen molar-refractivity contribution in [3.63, 3.8) is 0 Å². The molecule has 0 aliphatic rings. The van der Waals surface area contributed by atoms with E-state index in [9.17, 15) is 14.0 Å². The van der Waals surface area contributed by atoms with Crippen LogP contribution in [0.3, 0.4) is 0 Å². The van der Waals surface area contributed by atoms with Gasteiger partial charge in [-0.1, -0.05) is 66.5 Å². The molecule has 184 valence electrons. The summed E-state index contributed by atoms with van der Waals surface area (Å²) in [6.07, 6.45) is 1.08. The van der Waals surface area contributed by atoms with Crippen molar-refractivity contribution < 1.29 is 18.7 Å². The van der Waals surface area contributed by atoms with Crippen LogP contribution >= 0.6 is 23.2 Å². The van der Waals surface area contributed by atoms with E-state index < -0.39 is 17.8 Å². The molecule has 0 heterocycles. The van der Waals surface area contributed by atoms with Crippen molar-refractivity contribution in [2.45, 2.75) is 32.4 Å². The molecule has 1 N–H and O–H groups in total. The first-order valence-electron chi connectivity index (χ1n) is 11.3. The van der Waals surface area contributed by atoms with E-state index in [1.807, 2.05) is 37.3 Å². The van der Waals surface area contributed by atoms with Gasteiger partial charge in [-0.15, -0.1) is 0 Å². The predicted molar refractivity (Wildman–Crippen MR) is 136 cm³/mol. The van der Waals surface area contributed by atoms with E-state index in [1.165, 1.54) is 29.2 Å². The molecule has 0 unspecified atom stereocenters. The largest absolute Gasteiger partial charge is 0.484 e. The van der Waals surface area contributed by atoms with Crippen LogP contribution in [0.25, 0.3) is 0 Å². The van der Waals surface area contributed by atoms with Crippen LogP contribution in [0.15, 0.2) is 72.8 Å². The molecule has 0 saturated heterocycles. The van der Waals surface area contributed by atoms with E-state index in [1.54, 1.807) is 18.2 Å². The molecule has 35 heavy (non-hydrogen) atoms. The van der Waals surface area contributed by atoms with E-state index in [4.69, 9.17) is 27.9 Å². The Balaban J connectivity index is 1.90. The number of carbonyl (C=O) groups excluding carboxylic acids is 2. The highest BCUT2D eigenvalue weighted by Crippen LogP contribution is 2.24. The summed E-state index contributed by atoms with van der Waals surface area (Å²) in [6, 6.07) is 19.2. The second-order valence-corrected chi connectivity index (χ2v) is 8.82.